The van der Waals surface area contributed by atoms with Crippen molar-refractivity contribution in [1.82, 2.24) is 5.32 Å². The minimum Gasteiger partial charge on any atom is -0.493 e. The van der Waals surface area contributed by atoms with E-state index < -0.39 is 24.2 Å². The third kappa shape index (κ3) is 4.79. The van der Waals surface area contributed by atoms with Crippen molar-refractivity contribution in [3.63, 3.8) is 0 Å². The first-order valence-electron chi connectivity index (χ1n) is 11.2. The van der Waals surface area contributed by atoms with Crippen LogP contribution in [0.4, 0.5) is 4.39 Å². The molecule has 2 bridgehead atoms. The number of carboxylic acid groups (broad SMARTS) is 1. The molecule has 30 heavy (non-hydrogen) atoms. The standard InChI is InChI=1S/C24H32FNO4/c1-14-5-15-7-16(6-14)11-24(2,10-15)13-30-21-9-20(25)19(8-18(21)17-3-4-17)23(29)26-12-22(27)28/h8-9,14-17H,3-7,10-13H2,1-2H3,(H,26,29)(H,27,28)/t14?,15-,16?,24?/m1/s1. The molecule has 3 fully saturated rings. The molecule has 1 aromatic rings. The lowest BCUT2D eigenvalue weighted by Crippen LogP contribution is -2.39. The summed E-state index contributed by atoms with van der Waals surface area (Å²) in [5, 5.41) is 11.0. The number of carbonyl (C=O) groups is 2. The van der Waals surface area contributed by atoms with Gasteiger partial charge < -0.3 is 15.2 Å². The number of rotatable bonds is 7. The number of nitrogens with one attached hydrogen (secondary N) is 1. The van der Waals surface area contributed by atoms with Crippen molar-refractivity contribution < 1.29 is 23.8 Å². The molecule has 0 radical (unpaired) electrons. The number of amides is 1. The molecule has 3 aliphatic carbocycles. The van der Waals surface area contributed by atoms with Gasteiger partial charge in [-0.2, -0.15) is 0 Å². The van der Waals surface area contributed by atoms with Crippen LogP contribution in [0.1, 0.15) is 80.6 Å². The molecule has 6 heteroatoms. The van der Waals surface area contributed by atoms with Gasteiger partial charge in [0.1, 0.15) is 18.1 Å². The zero-order valence-corrected chi connectivity index (χ0v) is 17.9. The van der Waals surface area contributed by atoms with Gasteiger partial charge in [-0.25, -0.2) is 4.39 Å². The number of carboxylic acids is 1. The topological polar surface area (TPSA) is 75.6 Å². The number of fused-ring (bicyclic) bond motifs is 2. The van der Waals surface area contributed by atoms with E-state index in [4.69, 9.17) is 9.84 Å². The van der Waals surface area contributed by atoms with Crippen LogP contribution in [0, 0.1) is 29.0 Å². The molecule has 3 saturated carbocycles. The Morgan fingerprint density at radius 3 is 2.47 bits per heavy atom. The quantitative estimate of drug-likeness (QED) is 0.671. The molecule has 5 nitrogen and oxygen atoms in total. The fourth-order valence-corrected chi connectivity index (χ4v) is 5.91. The number of aliphatic carboxylic acids is 1. The predicted octanol–water partition coefficient (Wildman–Crippen LogP) is 4.75. The van der Waals surface area contributed by atoms with Gasteiger partial charge >= 0.3 is 5.97 Å². The summed E-state index contributed by atoms with van der Waals surface area (Å²) >= 11 is 0. The van der Waals surface area contributed by atoms with E-state index in [9.17, 15) is 14.0 Å². The van der Waals surface area contributed by atoms with Crippen LogP contribution in [-0.4, -0.2) is 30.1 Å². The molecule has 4 rings (SSSR count). The highest BCUT2D eigenvalue weighted by molar-refractivity contribution is 5.96. The Morgan fingerprint density at radius 2 is 1.87 bits per heavy atom. The third-order valence-corrected chi connectivity index (χ3v) is 7.04. The molecule has 0 aliphatic heterocycles. The lowest BCUT2D eigenvalue weighted by atomic mass is 9.60. The Labute approximate surface area is 177 Å². The minimum atomic E-state index is -1.16. The van der Waals surface area contributed by atoms with Crippen LogP contribution >= 0.6 is 0 Å². The third-order valence-electron chi connectivity index (χ3n) is 7.04. The summed E-state index contributed by atoms with van der Waals surface area (Å²) in [6, 6.07) is 2.87. The maximum atomic E-state index is 14.7. The van der Waals surface area contributed by atoms with Crippen LogP contribution in [0.15, 0.2) is 12.1 Å². The van der Waals surface area contributed by atoms with Crippen LogP contribution in [0.5, 0.6) is 5.75 Å². The normalized spacial score (nSPS) is 30.6. The summed E-state index contributed by atoms with van der Waals surface area (Å²) in [7, 11) is 0. The first kappa shape index (κ1) is 21.1. The summed E-state index contributed by atoms with van der Waals surface area (Å²) in [5.74, 6) is 0.630. The van der Waals surface area contributed by atoms with Gasteiger partial charge in [0.25, 0.3) is 5.91 Å². The van der Waals surface area contributed by atoms with E-state index in [1.165, 1.54) is 25.3 Å². The van der Waals surface area contributed by atoms with Gasteiger partial charge in [0.05, 0.1) is 12.2 Å². The first-order valence-corrected chi connectivity index (χ1v) is 11.2. The minimum absolute atomic E-state index is 0.0998. The van der Waals surface area contributed by atoms with Crippen molar-refractivity contribution >= 4 is 11.9 Å². The maximum absolute atomic E-state index is 14.7. The van der Waals surface area contributed by atoms with E-state index in [2.05, 4.69) is 19.2 Å². The zero-order valence-electron chi connectivity index (χ0n) is 17.9. The van der Waals surface area contributed by atoms with Crippen molar-refractivity contribution in [2.75, 3.05) is 13.2 Å². The van der Waals surface area contributed by atoms with Crippen molar-refractivity contribution in [3.8, 4) is 5.75 Å². The van der Waals surface area contributed by atoms with Gasteiger partial charge in [-0.05, 0) is 80.2 Å². The highest BCUT2D eigenvalue weighted by Gasteiger charge is 2.41. The summed E-state index contributed by atoms with van der Waals surface area (Å²) < 4.78 is 20.9. The molecule has 0 spiro atoms. The first-order chi connectivity index (χ1) is 14.2. The van der Waals surface area contributed by atoms with Gasteiger partial charge in [-0.15, -0.1) is 0 Å². The fraction of sp³-hybridized carbons (Fsp3) is 0.667. The van der Waals surface area contributed by atoms with Crippen LogP contribution in [-0.2, 0) is 4.79 Å². The molecule has 3 aliphatic rings. The summed E-state index contributed by atoms with van der Waals surface area (Å²) in [6.45, 7) is 4.69. The van der Waals surface area contributed by atoms with E-state index in [-0.39, 0.29) is 16.9 Å². The molecule has 0 heterocycles. The molecule has 0 saturated heterocycles. The van der Waals surface area contributed by atoms with Gasteiger partial charge in [0, 0.05) is 11.5 Å². The molecule has 2 N–H and O–H groups in total. The molecular formula is C24H32FNO4. The number of halogens is 1. The fourth-order valence-electron chi connectivity index (χ4n) is 5.91. The zero-order chi connectivity index (χ0) is 21.5. The van der Waals surface area contributed by atoms with E-state index >= 15 is 0 Å². The number of hydrogen-bond donors (Lipinski definition) is 2. The number of ether oxygens (including phenoxy) is 1. The molecule has 4 atom stereocenters. The van der Waals surface area contributed by atoms with E-state index in [1.54, 1.807) is 6.07 Å². The van der Waals surface area contributed by atoms with Crippen molar-refractivity contribution in [3.05, 3.63) is 29.1 Å². The Kier molecular flexibility index (Phi) is 5.78. The average Bonchev–Trinajstić information content (AvgIpc) is 3.48. The van der Waals surface area contributed by atoms with Gasteiger partial charge in [0.15, 0.2) is 0 Å². The van der Waals surface area contributed by atoms with Gasteiger partial charge in [0.2, 0.25) is 0 Å². The number of hydrogen-bond acceptors (Lipinski definition) is 3. The molecule has 1 aromatic carbocycles. The molecule has 1 amide bonds. The van der Waals surface area contributed by atoms with E-state index in [0.29, 0.717) is 12.4 Å². The van der Waals surface area contributed by atoms with Crippen molar-refractivity contribution in [1.29, 1.82) is 0 Å². The van der Waals surface area contributed by atoms with Crippen molar-refractivity contribution in [2.24, 2.45) is 23.2 Å². The Morgan fingerprint density at radius 1 is 1.20 bits per heavy atom. The lowest BCUT2D eigenvalue weighted by molar-refractivity contribution is -0.135. The summed E-state index contributed by atoms with van der Waals surface area (Å²) in [6.07, 6.45) is 8.24. The van der Waals surface area contributed by atoms with Crippen LogP contribution in [0.3, 0.4) is 0 Å². The monoisotopic (exact) mass is 417 g/mol. The van der Waals surface area contributed by atoms with Gasteiger partial charge in [-0.3, -0.25) is 9.59 Å². The molecule has 0 aromatic heterocycles. The summed E-state index contributed by atoms with van der Waals surface area (Å²) in [5.41, 5.74) is 0.853. The highest BCUT2D eigenvalue weighted by Crippen LogP contribution is 2.51. The second kappa shape index (κ2) is 8.20. The van der Waals surface area contributed by atoms with Crippen LogP contribution in [0.25, 0.3) is 0 Å². The Balaban J connectivity index is 1.48. The Hall–Kier alpha value is -2.11. The SMILES string of the molecule is CC1CC2C[C@@H](C1)CC(C)(COc1cc(F)c(C(=O)NCC(=O)O)cc1C1CC1)C2. The number of carbonyl (C=O) groups excluding carboxylic acids is 1. The van der Waals surface area contributed by atoms with E-state index in [0.717, 1.165) is 49.0 Å². The van der Waals surface area contributed by atoms with Crippen LogP contribution in [0.2, 0.25) is 0 Å². The second-order valence-electron chi connectivity index (χ2n) is 10.3. The Bertz CT molecular complexity index is 817. The van der Waals surface area contributed by atoms with Crippen LogP contribution < -0.4 is 10.1 Å². The maximum Gasteiger partial charge on any atom is 0.322 e. The second-order valence-corrected chi connectivity index (χ2v) is 10.3. The molecular weight excluding hydrogens is 385 g/mol. The highest BCUT2D eigenvalue weighted by atomic mass is 19.1. The molecule has 164 valence electrons. The predicted molar refractivity (Wildman–Crippen MR) is 111 cm³/mol. The average molecular weight is 418 g/mol. The van der Waals surface area contributed by atoms with E-state index in [1.807, 2.05) is 0 Å². The number of benzene rings is 1. The van der Waals surface area contributed by atoms with Gasteiger partial charge in [-0.1, -0.05) is 13.8 Å². The lowest BCUT2D eigenvalue weighted by Gasteiger charge is -2.47. The largest absolute Gasteiger partial charge is 0.493 e. The van der Waals surface area contributed by atoms with Crippen molar-refractivity contribution in [2.45, 2.75) is 64.7 Å². The smallest absolute Gasteiger partial charge is 0.322 e. The summed E-state index contributed by atoms with van der Waals surface area (Å²) in [4.78, 5) is 22.9. The molecule has 3 unspecified atom stereocenters.